The summed E-state index contributed by atoms with van der Waals surface area (Å²) in [5.74, 6) is 4.11. The Kier molecular flexibility index (Phi) is 6.84. The SMILES string of the molecule is C#CC1/C=C(OC)\C=C/C/C(OC)=C\C(c2csc(NC(C)C)n2)=N1. The van der Waals surface area contributed by atoms with Crippen molar-refractivity contribution in [1.29, 1.82) is 0 Å². The van der Waals surface area contributed by atoms with Crippen molar-refractivity contribution in [3.05, 3.63) is 46.9 Å². The third kappa shape index (κ3) is 5.50. The number of thiazole rings is 1. The molecule has 0 saturated carbocycles. The molecule has 0 radical (unpaired) electrons. The molecule has 1 unspecified atom stereocenters. The fraction of sp³-hybridized carbons (Fsp3) is 0.368. The Bertz CT molecular complexity index is 751. The fourth-order valence-corrected chi connectivity index (χ4v) is 3.00. The van der Waals surface area contributed by atoms with Crippen LogP contribution in [0, 0.1) is 12.3 Å². The van der Waals surface area contributed by atoms with E-state index in [4.69, 9.17) is 15.9 Å². The molecular formula is C19H23N3O2S. The zero-order valence-electron chi connectivity index (χ0n) is 14.9. The molecule has 25 heavy (non-hydrogen) atoms. The van der Waals surface area contributed by atoms with Crippen LogP contribution in [0.5, 0.6) is 0 Å². The van der Waals surface area contributed by atoms with E-state index in [-0.39, 0.29) is 0 Å². The Morgan fingerprint density at radius 3 is 2.80 bits per heavy atom. The molecule has 1 aliphatic heterocycles. The van der Waals surface area contributed by atoms with E-state index in [0.29, 0.717) is 23.9 Å². The molecule has 5 nitrogen and oxygen atoms in total. The molecule has 0 amide bonds. The van der Waals surface area contributed by atoms with Gasteiger partial charge in [0.2, 0.25) is 0 Å². The molecule has 1 N–H and O–H groups in total. The number of rotatable bonds is 5. The van der Waals surface area contributed by atoms with Crippen molar-refractivity contribution in [2.45, 2.75) is 32.4 Å². The Labute approximate surface area is 153 Å². The lowest BCUT2D eigenvalue weighted by atomic mass is 10.1. The second kappa shape index (κ2) is 9.09. The molecule has 0 aromatic carbocycles. The molecular weight excluding hydrogens is 334 g/mol. The second-order valence-electron chi connectivity index (χ2n) is 5.66. The lowest BCUT2D eigenvalue weighted by Gasteiger charge is -2.10. The summed E-state index contributed by atoms with van der Waals surface area (Å²) in [6.45, 7) is 4.14. The highest BCUT2D eigenvalue weighted by atomic mass is 32.1. The minimum absolute atomic E-state index is 0.311. The zero-order chi connectivity index (χ0) is 18.2. The van der Waals surface area contributed by atoms with E-state index in [1.807, 2.05) is 29.7 Å². The highest BCUT2D eigenvalue weighted by Crippen LogP contribution is 2.20. The van der Waals surface area contributed by atoms with Crippen LogP contribution in [0.15, 0.2) is 46.2 Å². The number of aromatic nitrogens is 1. The maximum absolute atomic E-state index is 5.65. The van der Waals surface area contributed by atoms with Crippen molar-refractivity contribution >= 4 is 22.2 Å². The number of methoxy groups -OCH3 is 2. The molecule has 0 spiro atoms. The topological polar surface area (TPSA) is 55.7 Å². The number of anilines is 1. The van der Waals surface area contributed by atoms with Crippen LogP contribution in [-0.2, 0) is 9.47 Å². The molecule has 1 aromatic heterocycles. The summed E-state index contributed by atoms with van der Waals surface area (Å²) in [5, 5.41) is 6.11. The normalized spacial score (nSPS) is 23.4. The van der Waals surface area contributed by atoms with Crippen LogP contribution in [0.4, 0.5) is 5.13 Å². The average Bonchev–Trinajstić information content (AvgIpc) is 3.05. The molecule has 0 fully saturated rings. The first kappa shape index (κ1) is 18.8. The first-order valence-corrected chi connectivity index (χ1v) is 8.87. The van der Waals surface area contributed by atoms with Gasteiger partial charge in [0.1, 0.15) is 23.3 Å². The van der Waals surface area contributed by atoms with Gasteiger partial charge in [-0.2, -0.15) is 0 Å². The number of terminal acetylenes is 1. The Morgan fingerprint density at radius 1 is 1.36 bits per heavy atom. The van der Waals surface area contributed by atoms with Crippen molar-refractivity contribution in [3.8, 4) is 12.3 Å². The predicted octanol–water partition coefficient (Wildman–Crippen LogP) is 3.77. The van der Waals surface area contributed by atoms with Gasteiger partial charge in [0.05, 0.1) is 19.9 Å². The summed E-state index contributed by atoms with van der Waals surface area (Å²) in [4.78, 5) is 9.28. The predicted molar refractivity (Wildman–Crippen MR) is 104 cm³/mol. The molecule has 0 saturated heterocycles. The lowest BCUT2D eigenvalue weighted by Crippen LogP contribution is -2.11. The molecule has 6 heteroatoms. The highest BCUT2D eigenvalue weighted by Gasteiger charge is 2.13. The fourth-order valence-electron chi connectivity index (χ4n) is 2.15. The van der Waals surface area contributed by atoms with Crippen LogP contribution in [0.2, 0.25) is 0 Å². The molecule has 1 aromatic rings. The van der Waals surface area contributed by atoms with Crippen LogP contribution in [0.3, 0.4) is 0 Å². The standard InChI is InChI=1S/C19H23N3O2S/c1-6-14-10-15(23-4)8-7-9-16(24-5)11-17(21-14)18-12-25-19(22-18)20-13(2)3/h1,7-8,10-14H,9H2,2-5H3,(H,20,22)/b8-7-,15-10+,16-11+,21-17?. The summed E-state index contributed by atoms with van der Waals surface area (Å²) in [6, 6.07) is -0.142. The number of ether oxygens (including phenoxy) is 2. The van der Waals surface area contributed by atoms with Crippen molar-refractivity contribution in [2.75, 3.05) is 19.5 Å². The molecule has 2 rings (SSSR count). The van der Waals surface area contributed by atoms with Gasteiger partial charge in [-0.3, -0.25) is 4.99 Å². The monoisotopic (exact) mass is 357 g/mol. The van der Waals surface area contributed by atoms with Crippen LogP contribution in [0.25, 0.3) is 0 Å². The number of aliphatic imine (C=N–C) groups is 1. The Balaban J connectivity index is 2.46. The summed E-state index contributed by atoms with van der Waals surface area (Å²) in [7, 11) is 3.25. The van der Waals surface area contributed by atoms with Crippen LogP contribution < -0.4 is 5.32 Å². The van der Waals surface area contributed by atoms with Gasteiger partial charge >= 0.3 is 0 Å². The van der Waals surface area contributed by atoms with Crippen molar-refractivity contribution in [3.63, 3.8) is 0 Å². The third-order valence-electron chi connectivity index (χ3n) is 3.35. The van der Waals surface area contributed by atoms with Gasteiger partial charge in [0.15, 0.2) is 5.13 Å². The number of nitrogens with one attached hydrogen (secondary N) is 1. The van der Waals surface area contributed by atoms with E-state index in [0.717, 1.165) is 16.6 Å². The third-order valence-corrected chi connectivity index (χ3v) is 4.12. The van der Waals surface area contributed by atoms with E-state index in [2.05, 4.69) is 35.1 Å². The summed E-state index contributed by atoms with van der Waals surface area (Å²) in [6.07, 6.45) is 13.8. The zero-order valence-corrected chi connectivity index (χ0v) is 15.8. The van der Waals surface area contributed by atoms with E-state index in [1.54, 1.807) is 14.2 Å². The van der Waals surface area contributed by atoms with E-state index in [9.17, 15) is 0 Å². The summed E-state index contributed by atoms with van der Waals surface area (Å²) >= 11 is 1.54. The smallest absolute Gasteiger partial charge is 0.183 e. The Morgan fingerprint density at radius 2 is 2.16 bits per heavy atom. The number of nitrogens with zero attached hydrogens (tertiary/aromatic N) is 2. The molecule has 1 atom stereocenters. The van der Waals surface area contributed by atoms with E-state index < -0.39 is 6.04 Å². The van der Waals surface area contributed by atoms with Gasteiger partial charge in [0.25, 0.3) is 0 Å². The maximum atomic E-state index is 5.65. The second-order valence-corrected chi connectivity index (χ2v) is 6.52. The minimum Gasteiger partial charge on any atom is -0.501 e. The first-order valence-electron chi connectivity index (χ1n) is 7.99. The highest BCUT2D eigenvalue weighted by molar-refractivity contribution is 7.13. The average molecular weight is 357 g/mol. The van der Waals surface area contributed by atoms with Crippen molar-refractivity contribution < 1.29 is 9.47 Å². The van der Waals surface area contributed by atoms with Gasteiger partial charge in [0, 0.05) is 23.9 Å². The first-order chi connectivity index (χ1) is 12.0. The van der Waals surface area contributed by atoms with Crippen LogP contribution in [0.1, 0.15) is 26.0 Å². The minimum atomic E-state index is -0.453. The van der Waals surface area contributed by atoms with Crippen LogP contribution in [-0.4, -0.2) is 37.0 Å². The molecule has 2 heterocycles. The molecule has 1 aliphatic rings. The summed E-state index contributed by atoms with van der Waals surface area (Å²) in [5.41, 5.74) is 1.45. The van der Waals surface area contributed by atoms with Crippen LogP contribution >= 0.6 is 11.3 Å². The van der Waals surface area contributed by atoms with Gasteiger partial charge in [-0.25, -0.2) is 4.98 Å². The number of hydrogen-bond acceptors (Lipinski definition) is 6. The van der Waals surface area contributed by atoms with E-state index >= 15 is 0 Å². The van der Waals surface area contributed by atoms with Crippen molar-refractivity contribution in [2.24, 2.45) is 4.99 Å². The lowest BCUT2D eigenvalue weighted by molar-refractivity contribution is 0.284. The molecule has 0 bridgehead atoms. The van der Waals surface area contributed by atoms with Crippen molar-refractivity contribution in [1.82, 2.24) is 4.98 Å². The van der Waals surface area contributed by atoms with Gasteiger partial charge in [-0.15, -0.1) is 17.8 Å². The quantitative estimate of drug-likeness (QED) is 0.815. The molecule has 132 valence electrons. The summed E-state index contributed by atoms with van der Waals surface area (Å²) < 4.78 is 10.8. The number of hydrogen-bond donors (Lipinski definition) is 1. The van der Waals surface area contributed by atoms with Gasteiger partial charge in [-0.1, -0.05) is 12.0 Å². The Hall–Kier alpha value is -2.52. The largest absolute Gasteiger partial charge is 0.501 e. The van der Waals surface area contributed by atoms with Gasteiger partial charge in [-0.05, 0) is 26.0 Å². The maximum Gasteiger partial charge on any atom is 0.183 e. The molecule has 0 aliphatic carbocycles. The van der Waals surface area contributed by atoms with E-state index in [1.165, 1.54) is 11.3 Å². The number of allylic oxidation sites excluding steroid dienone is 3. The van der Waals surface area contributed by atoms with Gasteiger partial charge < -0.3 is 14.8 Å².